The molecule has 1 aliphatic heterocycles. The van der Waals surface area contributed by atoms with E-state index in [4.69, 9.17) is 9.47 Å². The molecule has 3 heteroatoms. The molecule has 4 rings (SSSR count). The summed E-state index contributed by atoms with van der Waals surface area (Å²) in [5.41, 5.74) is 4.09. The summed E-state index contributed by atoms with van der Waals surface area (Å²) in [4.78, 5) is 0. The molecule has 3 aliphatic rings. The normalized spacial score (nSPS) is 31.1. The van der Waals surface area contributed by atoms with Crippen LogP contribution in [0.2, 0.25) is 0 Å². The molecular weight excluding hydrogens is 316 g/mol. The molecule has 1 unspecified atom stereocenters. The van der Waals surface area contributed by atoms with Crippen LogP contribution in [0.5, 0.6) is 0 Å². The first-order valence-corrected chi connectivity index (χ1v) is 8.22. The SMILES string of the molecule is C=C1c2cc(Br)ccc2CC2CC3(CC[C@@H]12)OCCO3. The lowest BCUT2D eigenvalue weighted by Gasteiger charge is -2.44. The second-order valence-electron chi connectivity index (χ2n) is 6.25. The van der Waals surface area contributed by atoms with Crippen molar-refractivity contribution in [1.82, 2.24) is 0 Å². The van der Waals surface area contributed by atoms with Crippen molar-refractivity contribution < 1.29 is 9.47 Å². The van der Waals surface area contributed by atoms with Gasteiger partial charge in [-0.05, 0) is 53.5 Å². The predicted molar refractivity (Wildman–Crippen MR) is 82.3 cm³/mol. The van der Waals surface area contributed by atoms with Crippen molar-refractivity contribution in [2.24, 2.45) is 11.8 Å². The molecule has 0 radical (unpaired) electrons. The summed E-state index contributed by atoms with van der Waals surface area (Å²) in [5, 5.41) is 0. The van der Waals surface area contributed by atoms with Gasteiger partial charge in [-0.15, -0.1) is 0 Å². The second kappa shape index (κ2) is 4.69. The van der Waals surface area contributed by atoms with E-state index in [0.717, 1.165) is 43.4 Å². The van der Waals surface area contributed by atoms with Gasteiger partial charge in [0.25, 0.3) is 0 Å². The van der Waals surface area contributed by atoms with Gasteiger partial charge in [-0.2, -0.15) is 0 Å². The second-order valence-corrected chi connectivity index (χ2v) is 7.16. The van der Waals surface area contributed by atoms with Crippen LogP contribution in [0.25, 0.3) is 5.57 Å². The topological polar surface area (TPSA) is 18.5 Å². The van der Waals surface area contributed by atoms with Gasteiger partial charge in [0.2, 0.25) is 0 Å². The molecule has 0 bridgehead atoms. The third-order valence-corrected chi connectivity index (χ3v) is 5.63. The molecular formula is C17H19BrO2. The zero-order chi connectivity index (χ0) is 13.7. The van der Waals surface area contributed by atoms with Crippen molar-refractivity contribution in [3.8, 4) is 0 Å². The van der Waals surface area contributed by atoms with Crippen LogP contribution in [0.15, 0.2) is 29.3 Å². The zero-order valence-corrected chi connectivity index (χ0v) is 13.1. The summed E-state index contributed by atoms with van der Waals surface area (Å²) >= 11 is 3.57. The molecule has 106 valence electrons. The van der Waals surface area contributed by atoms with Gasteiger partial charge >= 0.3 is 0 Å². The number of allylic oxidation sites excluding steroid dienone is 1. The highest BCUT2D eigenvalue weighted by molar-refractivity contribution is 9.10. The molecule has 1 aromatic rings. The maximum absolute atomic E-state index is 5.91. The molecule has 2 aliphatic carbocycles. The van der Waals surface area contributed by atoms with Crippen molar-refractivity contribution >= 4 is 21.5 Å². The minimum atomic E-state index is -0.283. The van der Waals surface area contributed by atoms with Crippen LogP contribution >= 0.6 is 15.9 Å². The Balaban J connectivity index is 1.66. The van der Waals surface area contributed by atoms with E-state index in [1.165, 1.54) is 16.7 Å². The maximum atomic E-state index is 5.91. The number of ether oxygens (including phenoxy) is 2. The summed E-state index contributed by atoms with van der Waals surface area (Å²) in [6.45, 7) is 5.90. The van der Waals surface area contributed by atoms with Gasteiger partial charge in [0, 0.05) is 17.3 Å². The van der Waals surface area contributed by atoms with Gasteiger partial charge < -0.3 is 9.47 Å². The van der Waals surface area contributed by atoms with Crippen molar-refractivity contribution in [3.63, 3.8) is 0 Å². The van der Waals surface area contributed by atoms with E-state index in [1.54, 1.807) is 0 Å². The maximum Gasteiger partial charge on any atom is 0.168 e. The minimum Gasteiger partial charge on any atom is -0.348 e. The van der Waals surface area contributed by atoms with E-state index in [-0.39, 0.29) is 5.79 Å². The van der Waals surface area contributed by atoms with Crippen LogP contribution in [0.3, 0.4) is 0 Å². The third-order valence-electron chi connectivity index (χ3n) is 5.14. The predicted octanol–water partition coefficient (Wildman–Crippen LogP) is 4.18. The summed E-state index contributed by atoms with van der Waals surface area (Å²) in [6.07, 6.45) is 4.29. The molecule has 0 amide bonds. The molecule has 0 aromatic heterocycles. The van der Waals surface area contributed by atoms with E-state index in [2.05, 4.69) is 40.7 Å². The zero-order valence-electron chi connectivity index (χ0n) is 11.5. The Morgan fingerprint density at radius 2 is 2.05 bits per heavy atom. The Morgan fingerprint density at radius 3 is 2.85 bits per heavy atom. The number of halogens is 1. The van der Waals surface area contributed by atoms with Gasteiger partial charge in [-0.25, -0.2) is 0 Å². The Morgan fingerprint density at radius 1 is 1.25 bits per heavy atom. The first-order chi connectivity index (χ1) is 9.67. The molecule has 2 fully saturated rings. The summed E-state index contributed by atoms with van der Waals surface area (Å²) in [5.74, 6) is 0.923. The largest absolute Gasteiger partial charge is 0.348 e. The van der Waals surface area contributed by atoms with Crippen LogP contribution in [-0.4, -0.2) is 19.0 Å². The van der Waals surface area contributed by atoms with Gasteiger partial charge in [0.1, 0.15) is 0 Å². The van der Waals surface area contributed by atoms with Gasteiger partial charge in [-0.1, -0.05) is 28.6 Å². The van der Waals surface area contributed by atoms with Crippen LogP contribution in [0.1, 0.15) is 30.4 Å². The van der Waals surface area contributed by atoms with Crippen LogP contribution in [0, 0.1) is 11.8 Å². The average molecular weight is 335 g/mol. The van der Waals surface area contributed by atoms with Crippen LogP contribution in [0.4, 0.5) is 0 Å². The Kier molecular flexibility index (Phi) is 3.06. The average Bonchev–Trinajstić information content (AvgIpc) is 2.88. The Labute approximate surface area is 128 Å². The highest BCUT2D eigenvalue weighted by Crippen LogP contribution is 2.50. The number of rotatable bonds is 0. The molecule has 20 heavy (non-hydrogen) atoms. The van der Waals surface area contributed by atoms with Crippen LogP contribution in [-0.2, 0) is 15.9 Å². The summed E-state index contributed by atoms with van der Waals surface area (Å²) in [6, 6.07) is 6.59. The fourth-order valence-corrected chi connectivity index (χ4v) is 4.56. The van der Waals surface area contributed by atoms with Crippen molar-refractivity contribution in [1.29, 1.82) is 0 Å². The van der Waals surface area contributed by atoms with Crippen LogP contribution < -0.4 is 0 Å². The number of hydrogen-bond donors (Lipinski definition) is 0. The van der Waals surface area contributed by atoms with E-state index < -0.39 is 0 Å². The van der Waals surface area contributed by atoms with E-state index >= 15 is 0 Å². The molecule has 1 saturated carbocycles. The third kappa shape index (κ3) is 1.99. The van der Waals surface area contributed by atoms with Gasteiger partial charge in [0.15, 0.2) is 5.79 Å². The van der Waals surface area contributed by atoms with Gasteiger partial charge in [0.05, 0.1) is 13.2 Å². The molecule has 2 nitrogen and oxygen atoms in total. The molecule has 1 saturated heterocycles. The lowest BCUT2D eigenvalue weighted by molar-refractivity contribution is -0.191. The number of benzene rings is 1. The van der Waals surface area contributed by atoms with E-state index in [0.29, 0.717) is 11.8 Å². The van der Waals surface area contributed by atoms with Crippen molar-refractivity contribution in [2.45, 2.75) is 31.5 Å². The number of fused-ring (bicyclic) bond motifs is 2. The number of hydrogen-bond acceptors (Lipinski definition) is 2. The first-order valence-electron chi connectivity index (χ1n) is 7.42. The smallest absolute Gasteiger partial charge is 0.168 e. The highest BCUT2D eigenvalue weighted by atomic mass is 79.9. The summed E-state index contributed by atoms with van der Waals surface area (Å²) in [7, 11) is 0. The molecule has 1 heterocycles. The quantitative estimate of drug-likeness (QED) is 0.708. The monoisotopic (exact) mass is 334 g/mol. The lowest BCUT2D eigenvalue weighted by Crippen LogP contribution is -2.42. The Bertz CT molecular complexity index is 560. The van der Waals surface area contributed by atoms with Crippen molar-refractivity contribution in [3.05, 3.63) is 40.4 Å². The standard InChI is InChI=1S/C17H19BrO2/c1-11-15-4-5-17(19-6-7-20-17)10-13(15)8-12-2-3-14(18)9-16(11)12/h2-3,9,13,15H,1,4-8,10H2/t13?,15-/m0/s1. The molecule has 1 spiro atoms. The van der Waals surface area contributed by atoms with Gasteiger partial charge in [-0.3, -0.25) is 0 Å². The first kappa shape index (κ1) is 13.1. The minimum absolute atomic E-state index is 0.283. The Hall–Kier alpha value is -0.640. The fourth-order valence-electron chi connectivity index (χ4n) is 4.20. The molecule has 0 N–H and O–H groups in total. The van der Waals surface area contributed by atoms with E-state index in [9.17, 15) is 0 Å². The highest BCUT2D eigenvalue weighted by Gasteiger charge is 2.47. The summed E-state index contributed by atoms with van der Waals surface area (Å²) < 4.78 is 13.0. The molecule has 2 atom stereocenters. The van der Waals surface area contributed by atoms with Crippen molar-refractivity contribution in [2.75, 3.05) is 13.2 Å². The lowest BCUT2D eigenvalue weighted by atomic mass is 9.65. The van der Waals surface area contributed by atoms with E-state index in [1.807, 2.05) is 0 Å². The molecule has 1 aromatic carbocycles. The fraction of sp³-hybridized carbons (Fsp3) is 0.529.